The smallest absolute Gasteiger partial charge is 0.244 e. The van der Waals surface area contributed by atoms with E-state index < -0.39 is 0 Å². The average Bonchev–Trinajstić information content (AvgIpc) is 2.60. The number of aromatic nitrogens is 2. The van der Waals surface area contributed by atoms with Gasteiger partial charge in [0.05, 0.1) is 20.4 Å². The number of hydrazone groups is 1. The third-order valence-electron chi connectivity index (χ3n) is 3.25. The standard InChI is InChI=1S/C15H16N4O3S/c1-19-13-12(8-16-15(17-13)23-4)22-14(18-19)9-5-10(20-2)7-11(6-9)21-3/h5-8H,1-4H3. The Morgan fingerprint density at radius 2 is 1.83 bits per heavy atom. The highest BCUT2D eigenvalue weighted by molar-refractivity contribution is 7.98. The Labute approximate surface area is 138 Å². The average molecular weight is 332 g/mol. The molecule has 2 heterocycles. The second kappa shape index (κ2) is 6.33. The molecule has 1 aromatic heterocycles. The van der Waals surface area contributed by atoms with Crippen LogP contribution < -0.4 is 19.2 Å². The predicted octanol–water partition coefficient (Wildman–Crippen LogP) is 2.41. The van der Waals surface area contributed by atoms with Crippen LogP contribution in [0.2, 0.25) is 0 Å². The van der Waals surface area contributed by atoms with Crippen LogP contribution >= 0.6 is 11.8 Å². The van der Waals surface area contributed by atoms with Crippen molar-refractivity contribution < 1.29 is 14.2 Å². The molecule has 7 nitrogen and oxygen atoms in total. The van der Waals surface area contributed by atoms with E-state index in [-0.39, 0.29) is 0 Å². The van der Waals surface area contributed by atoms with Crippen molar-refractivity contribution in [1.82, 2.24) is 9.97 Å². The molecular formula is C15H16N4O3S. The molecule has 0 amide bonds. The predicted molar refractivity (Wildman–Crippen MR) is 88.9 cm³/mol. The third kappa shape index (κ3) is 3.02. The van der Waals surface area contributed by atoms with E-state index in [0.717, 1.165) is 5.56 Å². The molecule has 3 rings (SSSR count). The van der Waals surface area contributed by atoms with Crippen LogP contribution in [-0.4, -0.2) is 43.4 Å². The molecule has 0 N–H and O–H groups in total. The minimum absolute atomic E-state index is 0.428. The van der Waals surface area contributed by atoms with Gasteiger partial charge >= 0.3 is 0 Å². The van der Waals surface area contributed by atoms with Crippen molar-refractivity contribution in [2.75, 3.05) is 32.5 Å². The maximum Gasteiger partial charge on any atom is 0.244 e. The van der Waals surface area contributed by atoms with Gasteiger partial charge in [0.2, 0.25) is 5.90 Å². The number of benzene rings is 1. The summed E-state index contributed by atoms with van der Waals surface area (Å²) in [6, 6.07) is 5.45. The second-order valence-electron chi connectivity index (χ2n) is 4.68. The molecule has 23 heavy (non-hydrogen) atoms. The van der Waals surface area contributed by atoms with E-state index in [1.165, 1.54) is 11.8 Å². The Bertz CT molecular complexity index is 744. The van der Waals surface area contributed by atoms with Crippen LogP contribution in [0.15, 0.2) is 34.7 Å². The van der Waals surface area contributed by atoms with E-state index in [0.29, 0.717) is 34.1 Å². The van der Waals surface area contributed by atoms with Gasteiger partial charge in [-0.1, -0.05) is 11.8 Å². The summed E-state index contributed by atoms with van der Waals surface area (Å²) >= 11 is 1.46. The number of hydrogen-bond acceptors (Lipinski definition) is 8. The van der Waals surface area contributed by atoms with E-state index in [1.54, 1.807) is 31.5 Å². The van der Waals surface area contributed by atoms with Gasteiger partial charge < -0.3 is 14.2 Å². The van der Waals surface area contributed by atoms with Crippen LogP contribution in [-0.2, 0) is 0 Å². The zero-order valence-corrected chi connectivity index (χ0v) is 14.0. The number of fused-ring (bicyclic) bond motifs is 1. The van der Waals surface area contributed by atoms with Crippen LogP contribution in [0, 0.1) is 0 Å². The first-order valence-electron chi connectivity index (χ1n) is 6.79. The minimum atomic E-state index is 0.428. The quantitative estimate of drug-likeness (QED) is 0.629. The third-order valence-corrected chi connectivity index (χ3v) is 3.81. The zero-order valence-electron chi connectivity index (χ0n) is 13.2. The number of thioether (sulfide) groups is 1. The fourth-order valence-corrected chi connectivity index (χ4v) is 2.44. The van der Waals surface area contributed by atoms with Crippen LogP contribution in [0.3, 0.4) is 0 Å². The molecule has 1 aliphatic rings. The van der Waals surface area contributed by atoms with Crippen LogP contribution in [0.1, 0.15) is 5.56 Å². The van der Waals surface area contributed by atoms with Crippen LogP contribution in [0.5, 0.6) is 17.2 Å². The lowest BCUT2D eigenvalue weighted by Crippen LogP contribution is -2.25. The Kier molecular flexibility index (Phi) is 4.24. The number of nitrogens with zero attached hydrogens (tertiary/aromatic N) is 4. The highest BCUT2D eigenvalue weighted by Crippen LogP contribution is 2.32. The lowest BCUT2D eigenvalue weighted by atomic mass is 10.2. The van der Waals surface area contributed by atoms with Gasteiger partial charge in [-0.05, 0) is 18.4 Å². The van der Waals surface area contributed by atoms with E-state index in [1.807, 2.05) is 25.4 Å². The highest BCUT2D eigenvalue weighted by Gasteiger charge is 2.23. The summed E-state index contributed by atoms with van der Waals surface area (Å²) < 4.78 is 16.4. The molecule has 0 spiro atoms. The molecule has 0 unspecified atom stereocenters. The molecule has 1 aliphatic heterocycles. The van der Waals surface area contributed by atoms with Gasteiger partial charge in [0.1, 0.15) is 11.5 Å². The van der Waals surface area contributed by atoms with Crippen molar-refractivity contribution in [2.24, 2.45) is 5.10 Å². The number of hydrogen-bond donors (Lipinski definition) is 0. The number of methoxy groups -OCH3 is 2. The first kappa shape index (κ1) is 15.4. The monoisotopic (exact) mass is 332 g/mol. The molecule has 0 radical (unpaired) electrons. The highest BCUT2D eigenvalue weighted by atomic mass is 32.2. The van der Waals surface area contributed by atoms with Gasteiger partial charge in [-0.2, -0.15) is 4.98 Å². The fraction of sp³-hybridized carbons (Fsp3) is 0.267. The molecule has 2 aromatic rings. The Morgan fingerprint density at radius 1 is 1.13 bits per heavy atom. The normalized spacial score (nSPS) is 13.0. The summed E-state index contributed by atoms with van der Waals surface area (Å²) in [6.45, 7) is 0. The van der Waals surface area contributed by atoms with Gasteiger partial charge in [-0.15, -0.1) is 5.10 Å². The molecule has 0 aliphatic carbocycles. The number of rotatable bonds is 4. The Hall–Kier alpha value is -2.48. The summed E-state index contributed by atoms with van der Waals surface area (Å²) in [5, 5.41) is 6.77. The Morgan fingerprint density at radius 3 is 2.43 bits per heavy atom. The van der Waals surface area contributed by atoms with Gasteiger partial charge in [0.15, 0.2) is 16.7 Å². The molecule has 0 saturated heterocycles. The van der Waals surface area contributed by atoms with Crippen LogP contribution in [0.4, 0.5) is 5.82 Å². The van der Waals surface area contributed by atoms with Crippen molar-refractivity contribution in [3.63, 3.8) is 0 Å². The number of ether oxygens (including phenoxy) is 3. The Balaban J connectivity index is 2.00. The molecule has 1 aromatic carbocycles. The molecule has 8 heteroatoms. The lowest BCUT2D eigenvalue weighted by molar-refractivity contribution is 0.393. The summed E-state index contributed by atoms with van der Waals surface area (Å²) in [5.74, 6) is 2.93. The van der Waals surface area contributed by atoms with Crippen molar-refractivity contribution in [3.8, 4) is 17.2 Å². The van der Waals surface area contributed by atoms with Crippen molar-refractivity contribution >= 4 is 23.5 Å². The SMILES string of the molecule is COc1cc(OC)cc(C2=NN(C)c3nc(SC)ncc3O2)c1. The molecule has 0 bridgehead atoms. The molecule has 0 atom stereocenters. The van der Waals surface area contributed by atoms with E-state index in [9.17, 15) is 0 Å². The largest absolute Gasteiger partial charge is 0.497 e. The maximum atomic E-state index is 5.85. The topological polar surface area (TPSA) is 69.1 Å². The van der Waals surface area contributed by atoms with Crippen LogP contribution in [0.25, 0.3) is 0 Å². The molecular weight excluding hydrogens is 316 g/mol. The first-order chi connectivity index (χ1) is 11.1. The van der Waals surface area contributed by atoms with Gasteiger partial charge in [-0.25, -0.2) is 9.99 Å². The lowest BCUT2D eigenvalue weighted by Gasteiger charge is -2.23. The van der Waals surface area contributed by atoms with E-state index >= 15 is 0 Å². The molecule has 120 valence electrons. The second-order valence-corrected chi connectivity index (χ2v) is 5.45. The summed E-state index contributed by atoms with van der Waals surface area (Å²) in [6.07, 6.45) is 3.57. The van der Waals surface area contributed by atoms with Gasteiger partial charge in [-0.3, -0.25) is 0 Å². The van der Waals surface area contributed by atoms with E-state index in [2.05, 4.69) is 15.1 Å². The zero-order chi connectivity index (χ0) is 16.4. The van der Waals surface area contributed by atoms with Gasteiger partial charge in [0, 0.05) is 18.7 Å². The first-order valence-corrected chi connectivity index (χ1v) is 8.01. The number of anilines is 1. The van der Waals surface area contributed by atoms with Crippen molar-refractivity contribution in [3.05, 3.63) is 30.0 Å². The van der Waals surface area contributed by atoms with Crippen molar-refractivity contribution in [2.45, 2.75) is 5.16 Å². The van der Waals surface area contributed by atoms with Gasteiger partial charge in [0.25, 0.3) is 0 Å². The van der Waals surface area contributed by atoms with Crippen molar-refractivity contribution in [1.29, 1.82) is 0 Å². The molecule has 0 fully saturated rings. The van der Waals surface area contributed by atoms with E-state index in [4.69, 9.17) is 14.2 Å². The fourth-order valence-electron chi connectivity index (χ4n) is 2.10. The summed E-state index contributed by atoms with van der Waals surface area (Å²) in [7, 11) is 5.01. The summed E-state index contributed by atoms with van der Waals surface area (Å²) in [4.78, 5) is 8.64. The minimum Gasteiger partial charge on any atom is -0.497 e. The maximum absolute atomic E-state index is 5.85. The summed E-state index contributed by atoms with van der Waals surface area (Å²) in [5.41, 5.74) is 0.743. The molecule has 0 saturated carbocycles.